The smallest absolute Gasteiger partial charge is 0.0183 e. The number of aryl methyl sites for hydroxylation is 8. The first kappa shape index (κ1) is 37.0. The maximum absolute atomic E-state index is 2.60. The van der Waals surface area contributed by atoms with E-state index in [1.54, 1.807) is 0 Å². The Labute approximate surface area is 310 Å². The summed E-state index contributed by atoms with van der Waals surface area (Å²) in [5, 5.41) is 5.85. The molecule has 0 amide bonds. The lowest BCUT2D eigenvalue weighted by atomic mass is 9.79. The van der Waals surface area contributed by atoms with Gasteiger partial charge in [0.15, 0.2) is 0 Å². The van der Waals surface area contributed by atoms with Crippen molar-refractivity contribution in [1.29, 1.82) is 0 Å². The highest BCUT2D eigenvalue weighted by Crippen LogP contribution is 2.69. The predicted molar refractivity (Wildman–Crippen MR) is 228 cm³/mol. The van der Waals surface area contributed by atoms with Crippen LogP contribution in [-0.4, -0.2) is 0 Å². The molecular formula is C49H54P2. The highest BCUT2D eigenvalue weighted by atomic mass is 31.1. The SMILES string of the molecule is Cc1cc(C)cc(P(c2cc(C)cc(C)c2)C(c2ccccc2)C(C)(C)C(c2ccccc2)P(c2cc(C)cc(C)c2)c2cc(C)cc(C)c2)c1. The molecule has 0 bridgehead atoms. The molecule has 0 spiro atoms. The van der Waals surface area contributed by atoms with Gasteiger partial charge < -0.3 is 0 Å². The Morgan fingerprint density at radius 2 is 0.549 bits per heavy atom. The third kappa shape index (κ3) is 8.30. The highest BCUT2D eigenvalue weighted by molar-refractivity contribution is 7.74. The van der Waals surface area contributed by atoms with Crippen LogP contribution in [0.1, 0.15) is 80.8 Å². The summed E-state index contributed by atoms with van der Waals surface area (Å²) in [4.78, 5) is 0. The zero-order valence-corrected chi connectivity index (χ0v) is 34.0. The largest absolute Gasteiger partial charge is 0.0622 e. The van der Waals surface area contributed by atoms with Gasteiger partial charge in [0.25, 0.3) is 0 Å². The molecule has 0 fully saturated rings. The van der Waals surface area contributed by atoms with E-state index in [0.717, 1.165) is 0 Å². The fraction of sp³-hybridized carbons (Fsp3) is 0.265. The Morgan fingerprint density at radius 1 is 0.333 bits per heavy atom. The molecule has 6 aromatic rings. The first-order valence-electron chi connectivity index (χ1n) is 18.3. The van der Waals surface area contributed by atoms with Crippen molar-refractivity contribution >= 4 is 37.1 Å². The predicted octanol–water partition coefficient (Wildman–Crippen LogP) is 12.2. The summed E-state index contributed by atoms with van der Waals surface area (Å²) < 4.78 is 0. The Hall–Kier alpha value is -3.82. The molecule has 0 nitrogen and oxygen atoms in total. The molecule has 0 heterocycles. The average Bonchev–Trinajstić information content (AvgIpc) is 3.04. The van der Waals surface area contributed by atoms with Gasteiger partial charge in [-0.3, -0.25) is 0 Å². The Morgan fingerprint density at radius 3 is 0.765 bits per heavy atom. The molecule has 0 aromatic heterocycles. The van der Waals surface area contributed by atoms with E-state index < -0.39 is 15.8 Å². The second-order valence-electron chi connectivity index (χ2n) is 15.6. The van der Waals surface area contributed by atoms with Gasteiger partial charge in [-0.25, -0.2) is 0 Å². The van der Waals surface area contributed by atoms with Gasteiger partial charge in [-0.05, 0) is 109 Å². The van der Waals surface area contributed by atoms with Crippen molar-refractivity contribution in [3.63, 3.8) is 0 Å². The summed E-state index contributed by atoms with van der Waals surface area (Å²) in [5.41, 5.74) is 13.8. The summed E-state index contributed by atoms with van der Waals surface area (Å²) in [6.45, 7) is 23.3. The number of hydrogen-bond donors (Lipinski definition) is 0. The molecule has 0 saturated carbocycles. The van der Waals surface area contributed by atoms with Crippen molar-refractivity contribution in [1.82, 2.24) is 0 Å². The van der Waals surface area contributed by atoms with Crippen LogP contribution in [0.4, 0.5) is 0 Å². The summed E-state index contributed by atoms with van der Waals surface area (Å²) in [6, 6.07) is 52.2. The molecule has 0 saturated heterocycles. The van der Waals surface area contributed by atoms with Crippen LogP contribution in [0.3, 0.4) is 0 Å². The van der Waals surface area contributed by atoms with Crippen molar-refractivity contribution in [2.24, 2.45) is 5.41 Å². The van der Waals surface area contributed by atoms with Gasteiger partial charge in [-0.1, -0.05) is 192 Å². The van der Waals surface area contributed by atoms with Crippen molar-refractivity contribution in [2.45, 2.75) is 80.6 Å². The van der Waals surface area contributed by atoms with Gasteiger partial charge in [0.05, 0.1) is 0 Å². The fourth-order valence-electron chi connectivity index (χ4n) is 8.50. The maximum Gasteiger partial charge on any atom is 0.0183 e. The summed E-state index contributed by atoms with van der Waals surface area (Å²) in [7, 11) is -1.69. The molecule has 0 aliphatic heterocycles. The molecule has 0 aliphatic rings. The fourth-order valence-corrected chi connectivity index (χ4v) is 15.7. The van der Waals surface area contributed by atoms with Gasteiger partial charge in [-0.2, -0.15) is 0 Å². The first-order valence-corrected chi connectivity index (χ1v) is 21.1. The van der Waals surface area contributed by atoms with Crippen LogP contribution in [0.15, 0.2) is 133 Å². The topological polar surface area (TPSA) is 0 Å². The van der Waals surface area contributed by atoms with Crippen molar-refractivity contribution in [3.8, 4) is 0 Å². The molecule has 2 heteroatoms. The van der Waals surface area contributed by atoms with Gasteiger partial charge in [-0.15, -0.1) is 0 Å². The molecule has 2 unspecified atom stereocenters. The monoisotopic (exact) mass is 704 g/mol. The van der Waals surface area contributed by atoms with E-state index in [1.807, 2.05) is 0 Å². The van der Waals surface area contributed by atoms with E-state index in [4.69, 9.17) is 0 Å². The number of benzene rings is 6. The Balaban J connectivity index is 1.72. The number of rotatable bonds is 10. The van der Waals surface area contributed by atoms with Gasteiger partial charge in [0.1, 0.15) is 0 Å². The highest BCUT2D eigenvalue weighted by Gasteiger charge is 2.47. The lowest BCUT2D eigenvalue weighted by molar-refractivity contribution is 0.338. The molecule has 0 aliphatic carbocycles. The van der Waals surface area contributed by atoms with Crippen LogP contribution < -0.4 is 21.2 Å². The van der Waals surface area contributed by atoms with E-state index in [0.29, 0.717) is 0 Å². The summed E-state index contributed by atoms with van der Waals surface area (Å²) in [5.74, 6) is 0. The lowest BCUT2D eigenvalue weighted by Gasteiger charge is -2.49. The van der Waals surface area contributed by atoms with Gasteiger partial charge in [0, 0.05) is 11.3 Å². The maximum atomic E-state index is 2.60. The van der Waals surface area contributed by atoms with Crippen molar-refractivity contribution in [2.75, 3.05) is 0 Å². The second-order valence-corrected chi connectivity index (χ2v) is 20.1. The summed E-state index contributed by atoms with van der Waals surface area (Å²) in [6.07, 6.45) is 0. The van der Waals surface area contributed by atoms with Crippen LogP contribution in [0, 0.1) is 60.8 Å². The van der Waals surface area contributed by atoms with Gasteiger partial charge in [0.2, 0.25) is 0 Å². The minimum atomic E-state index is -0.843. The summed E-state index contributed by atoms with van der Waals surface area (Å²) >= 11 is 0. The quantitative estimate of drug-likeness (QED) is 0.125. The minimum absolute atomic E-state index is 0.190. The molecule has 260 valence electrons. The lowest BCUT2D eigenvalue weighted by Crippen LogP contribution is -2.36. The molecule has 6 rings (SSSR count). The molecule has 6 aromatic carbocycles. The van der Waals surface area contributed by atoms with E-state index >= 15 is 0 Å². The van der Waals surface area contributed by atoms with E-state index in [9.17, 15) is 0 Å². The normalized spacial score (nSPS) is 13.1. The second kappa shape index (κ2) is 15.4. The number of hydrogen-bond acceptors (Lipinski definition) is 0. The standard InChI is InChI=1S/C49H54P2/c1-33-21-34(2)26-43(25-33)50(44-27-35(3)22-36(4)28-44)47(41-17-13-11-14-18-41)49(9,10)48(42-19-15-12-16-20-42)51(45-29-37(5)23-38(6)30-45)46-31-39(7)24-40(8)32-46/h11-32,47-48H,1-10H3. The van der Waals surface area contributed by atoms with Crippen molar-refractivity contribution < 1.29 is 0 Å². The van der Waals surface area contributed by atoms with E-state index in [1.165, 1.54) is 76.9 Å². The first-order chi connectivity index (χ1) is 24.3. The average molecular weight is 705 g/mol. The molecule has 0 radical (unpaired) electrons. The van der Waals surface area contributed by atoms with Crippen LogP contribution in [0.5, 0.6) is 0 Å². The van der Waals surface area contributed by atoms with E-state index in [2.05, 4.69) is 203 Å². The molecule has 0 N–H and O–H groups in total. The minimum Gasteiger partial charge on any atom is -0.0622 e. The molecule has 2 atom stereocenters. The van der Waals surface area contributed by atoms with Crippen LogP contribution >= 0.6 is 15.8 Å². The Bertz CT molecular complexity index is 1790. The van der Waals surface area contributed by atoms with Crippen LogP contribution in [0.2, 0.25) is 0 Å². The van der Waals surface area contributed by atoms with Gasteiger partial charge >= 0.3 is 0 Å². The Kier molecular flexibility index (Phi) is 11.2. The van der Waals surface area contributed by atoms with Crippen molar-refractivity contribution in [3.05, 3.63) is 189 Å². The van der Waals surface area contributed by atoms with Crippen LogP contribution in [0.25, 0.3) is 0 Å². The zero-order chi connectivity index (χ0) is 36.4. The third-order valence-corrected chi connectivity index (χ3v) is 16.3. The van der Waals surface area contributed by atoms with E-state index in [-0.39, 0.29) is 16.7 Å². The molecular weight excluding hydrogens is 650 g/mol. The van der Waals surface area contributed by atoms with Crippen LogP contribution in [-0.2, 0) is 0 Å². The molecule has 51 heavy (non-hydrogen) atoms. The third-order valence-electron chi connectivity index (χ3n) is 10.1. The zero-order valence-electron chi connectivity index (χ0n) is 32.3.